The second-order valence-corrected chi connectivity index (χ2v) is 4.85. The van der Waals surface area contributed by atoms with E-state index in [4.69, 9.17) is 0 Å². The Morgan fingerprint density at radius 2 is 1.71 bits per heavy atom. The molecule has 0 aliphatic carbocycles. The van der Waals surface area contributed by atoms with E-state index in [9.17, 15) is 0 Å². The van der Waals surface area contributed by atoms with Crippen LogP contribution in [0.2, 0.25) is 0 Å². The molecule has 0 aliphatic heterocycles. The summed E-state index contributed by atoms with van der Waals surface area (Å²) in [5.74, 6) is 0.566. The SMILES string of the molecule is CCNC(CC)C(C)c1ccc(N(C)C)cc1. The first-order chi connectivity index (χ1) is 8.10. The minimum Gasteiger partial charge on any atom is -0.378 e. The molecule has 1 aromatic rings. The predicted molar refractivity (Wildman–Crippen MR) is 76.9 cm³/mol. The highest BCUT2D eigenvalue weighted by Crippen LogP contribution is 2.23. The van der Waals surface area contributed by atoms with Crippen molar-refractivity contribution in [3.63, 3.8) is 0 Å². The van der Waals surface area contributed by atoms with Gasteiger partial charge < -0.3 is 10.2 Å². The highest BCUT2D eigenvalue weighted by molar-refractivity contribution is 5.46. The lowest BCUT2D eigenvalue weighted by atomic mass is 9.91. The van der Waals surface area contributed by atoms with Gasteiger partial charge in [0.1, 0.15) is 0 Å². The van der Waals surface area contributed by atoms with Gasteiger partial charge in [-0.3, -0.25) is 0 Å². The topological polar surface area (TPSA) is 15.3 Å². The van der Waals surface area contributed by atoms with E-state index < -0.39 is 0 Å². The summed E-state index contributed by atoms with van der Waals surface area (Å²) >= 11 is 0. The molecule has 0 bridgehead atoms. The van der Waals surface area contributed by atoms with Crippen molar-refractivity contribution < 1.29 is 0 Å². The van der Waals surface area contributed by atoms with Crippen molar-refractivity contribution >= 4 is 5.69 Å². The van der Waals surface area contributed by atoms with Gasteiger partial charge in [-0.1, -0.05) is 32.9 Å². The van der Waals surface area contributed by atoms with Crippen molar-refractivity contribution in [2.75, 3.05) is 25.5 Å². The maximum atomic E-state index is 3.56. The molecular formula is C15H26N2. The summed E-state index contributed by atoms with van der Waals surface area (Å²) in [5, 5.41) is 3.56. The molecule has 2 nitrogen and oxygen atoms in total. The number of likely N-dealkylation sites (N-methyl/N-ethyl adjacent to an activating group) is 1. The van der Waals surface area contributed by atoms with Crippen molar-refractivity contribution in [3.05, 3.63) is 29.8 Å². The van der Waals surface area contributed by atoms with Gasteiger partial charge in [-0.25, -0.2) is 0 Å². The molecule has 0 aliphatic rings. The van der Waals surface area contributed by atoms with Crippen LogP contribution in [0.25, 0.3) is 0 Å². The van der Waals surface area contributed by atoms with E-state index in [1.165, 1.54) is 17.7 Å². The highest BCUT2D eigenvalue weighted by Gasteiger charge is 2.15. The van der Waals surface area contributed by atoms with Crippen LogP contribution < -0.4 is 10.2 Å². The summed E-state index contributed by atoms with van der Waals surface area (Å²) in [7, 11) is 4.15. The average Bonchev–Trinajstić information content (AvgIpc) is 2.35. The van der Waals surface area contributed by atoms with Gasteiger partial charge in [0.05, 0.1) is 0 Å². The van der Waals surface area contributed by atoms with Crippen LogP contribution in [0.1, 0.15) is 38.7 Å². The summed E-state index contributed by atoms with van der Waals surface area (Å²) in [6.45, 7) is 7.77. The lowest BCUT2D eigenvalue weighted by Crippen LogP contribution is -2.32. The van der Waals surface area contributed by atoms with Crippen LogP contribution in [0.5, 0.6) is 0 Å². The molecule has 17 heavy (non-hydrogen) atoms. The summed E-state index contributed by atoms with van der Waals surface area (Å²) < 4.78 is 0. The first kappa shape index (κ1) is 14.0. The third kappa shape index (κ3) is 3.74. The molecular weight excluding hydrogens is 208 g/mol. The number of hydrogen-bond donors (Lipinski definition) is 1. The fourth-order valence-corrected chi connectivity index (χ4v) is 2.25. The number of anilines is 1. The predicted octanol–water partition coefficient (Wildman–Crippen LogP) is 3.24. The van der Waals surface area contributed by atoms with Crippen molar-refractivity contribution in [2.24, 2.45) is 0 Å². The summed E-state index contributed by atoms with van der Waals surface area (Å²) in [5.41, 5.74) is 2.68. The van der Waals surface area contributed by atoms with Crippen molar-refractivity contribution in [1.82, 2.24) is 5.32 Å². The van der Waals surface area contributed by atoms with Crippen LogP contribution in [0, 0.1) is 0 Å². The van der Waals surface area contributed by atoms with Crippen LogP contribution in [-0.4, -0.2) is 26.7 Å². The Bertz CT molecular complexity index is 316. The van der Waals surface area contributed by atoms with Crippen molar-refractivity contribution in [3.8, 4) is 0 Å². The Morgan fingerprint density at radius 3 is 2.12 bits per heavy atom. The zero-order valence-electron chi connectivity index (χ0n) is 11.8. The van der Waals surface area contributed by atoms with Gasteiger partial charge in [-0.15, -0.1) is 0 Å². The molecule has 0 saturated heterocycles. The van der Waals surface area contributed by atoms with Gasteiger partial charge in [-0.2, -0.15) is 0 Å². The summed E-state index contributed by atoms with van der Waals surface area (Å²) in [6.07, 6.45) is 1.17. The molecule has 0 aromatic heterocycles. The molecule has 0 saturated carbocycles. The lowest BCUT2D eigenvalue weighted by Gasteiger charge is -2.24. The molecule has 0 fully saturated rings. The van der Waals surface area contributed by atoms with Crippen LogP contribution in [0.15, 0.2) is 24.3 Å². The van der Waals surface area contributed by atoms with Gasteiger partial charge in [-0.05, 0) is 36.6 Å². The number of nitrogens with zero attached hydrogens (tertiary/aromatic N) is 1. The molecule has 0 radical (unpaired) electrons. The van der Waals surface area contributed by atoms with Gasteiger partial charge in [0, 0.05) is 25.8 Å². The maximum absolute atomic E-state index is 3.56. The van der Waals surface area contributed by atoms with Crippen LogP contribution >= 0.6 is 0 Å². The monoisotopic (exact) mass is 234 g/mol. The van der Waals surface area contributed by atoms with E-state index >= 15 is 0 Å². The van der Waals surface area contributed by atoms with Crippen LogP contribution in [-0.2, 0) is 0 Å². The number of hydrogen-bond acceptors (Lipinski definition) is 2. The fraction of sp³-hybridized carbons (Fsp3) is 0.600. The Labute approximate surface area is 106 Å². The van der Waals surface area contributed by atoms with Gasteiger partial charge in [0.25, 0.3) is 0 Å². The Morgan fingerprint density at radius 1 is 1.12 bits per heavy atom. The van der Waals surface area contributed by atoms with Crippen LogP contribution in [0.4, 0.5) is 5.69 Å². The molecule has 1 aromatic carbocycles. The van der Waals surface area contributed by atoms with Crippen LogP contribution in [0.3, 0.4) is 0 Å². The smallest absolute Gasteiger partial charge is 0.0361 e. The molecule has 0 heterocycles. The Balaban J connectivity index is 2.77. The first-order valence-corrected chi connectivity index (χ1v) is 6.60. The summed E-state index contributed by atoms with van der Waals surface area (Å²) in [4.78, 5) is 2.13. The molecule has 1 N–H and O–H groups in total. The second kappa shape index (κ2) is 6.65. The van der Waals surface area contributed by atoms with Gasteiger partial charge >= 0.3 is 0 Å². The first-order valence-electron chi connectivity index (χ1n) is 6.60. The molecule has 2 atom stereocenters. The minimum atomic E-state index is 0.566. The maximum Gasteiger partial charge on any atom is 0.0361 e. The fourth-order valence-electron chi connectivity index (χ4n) is 2.25. The van der Waals surface area contributed by atoms with Crippen molar-refractivity contribution in [1.29, 1.82) is 0 Å². The lowest BCUT2D eigenvalue weighted by molar-refractivity contribution is 0.449. The molecule has 0 spiro atoms. The highest BCUT2D eigenvalue weighted by atomic mass is 15.1. The van der Waals surface area contributed by atoms with Crippen molar-refractivity contribution in [2.45, 2.75) is 39.2 Å². The number of rotatable bonds is 6. The third-order valence-electron chi connectivity index (χ3n) is 3.44. The van der Waals surface area contributed by atoms with E-state index in [-0.39, 0.29) is 0 Å². The molecule has 2 unspecified atom stereocenters. The Kier molecular flexibility index (Phi) is 5.49. The standard InChI is InChI=1S/C15H26N2/c1-6-15(16-7-2)12(3)13-8-10-14(11-9-13)17(4)5/h8-12,15-16H,6-7H2,1-5H3. The molecule has 2 heteroatoms. The largest absolute Gasteiger partial charge is 0.378 e. The van der Waals surface area contributed by atoms with E-state index in [2.05, 4.69) is 69.3 Å². The van der Waals surface area contributed by atoms with E-state index in [0.29, 0.717) is 12.0 Å². The second-order valence-electron chi connectivity index (χ2n) is 4.85. The number of nitrogens with one attached hydrogen (secondary N) is 1. The Hall–Kier alpha value is -1.02. The van der Waals surface area contributed by atoms with E-state index in [1.807, 2.05) is 0 Å². The average molecular weight is 234 g/mol. The number of benzene rings is 1. The zero-order valence-corrected chi connectivity index (χ0v) is 11.8. The molecule has 1 rings (SSSR count). The normalized spacial score (nSPS) is 14.4. The van der Waals surface area contributed by atoms with Gasteiger partial charge in [0.15, 0.2) is 0 Å². The quantitative estimate of drug-likeness (QED) is 0.813. The van der Waals surface area contributed by atoms with E-state index in [1.54, 1.807) is 0 Å². The molecule has 0 amide bonds. The third-order valence-corrected chi connectivity index (χ3v) is 3.44. The molecule has 96 valence electrons. The van der Waals surface area contributed by atoms with Gasteiger partial charge in [0.2, 0.25) is 0 Å². The van der Waals surface area contributed by atoms with E-state index in [0.717, 1.165) is 6.54 Å². The summed E-state index contributed by atoms with van der Waals surface area (Å²) in [6, 6.07) is 9.47. The minimum absolute atomic E-state index is 0.566. The zero-order chi connectivity index (χ0) is 12.8.